The molecule has 0 aliphatic rings. The number of hydrogen-bond acceptors (Lipinski definition) is 4. The van der Waals surface area contributed by atoms with E-state index in [1.54, 1.807) is 0 Å². The minimum Gasteiger partial charge on any atom is -0.366 e. The van der Waals surface area contributed by atoms with Gasteiger partial charge in [-0.2, -0.15) is 4.98 Å². The molecular formula is C7H6Cl2N4. The third-order valence-electron chi connectivity index (χ3n) is 1.18. The molecule has 1 N–H and O–H groups in total. The molecule has 0 fully saturated rings. The molecule has 1 aromatic heterocycles. The Morgan fingerprint density at radius 3 is 2.85 bits per heavy atom. The molecule has 0 saturated heterocycles. The van der Waals surface area contributed by atoms with Gasteiger partial charge in [-0.3, -0.25) is 0 Å². The van der Waals surface area contributed by atoms with E-state index in [1.807, 2.05) is 0 Å². The van der Waals surface area contributed by atoms with Crippen LogP contribution in [0.5, 0.6) is 0 Å². The van der Waals surface area contributed by atoms with Crippen LogP contribution in [0, 0.1) is 12.3 Å². The zero-order valence-electron chi connectivity index (χ0n) is 6.59. The Kier molecular flexibility index (Phi) is 3.74. The fraction of sp³-hybridized carbons (Fsp3) is 0.286. The SMILES string of the molecule is C#CCCNc1nc(Cl)nnc1Cl. The Morgan fingerprint density at radius 1 is 1.38 bits per heavy atom. The molecule has 0 aliphatic carbocycles. The molecule has 1 rings (SSSR count). The first kappa shape index (κ1) is 10.0. The van der Waals surface area contributed by atoms with E-state index in [1.165, 1.54) is 0 Å². The van der Waals surface area contributed by atoms with E-state index in [9.17, 15) is 0 Å². The van der Waals surface area contributed by atoms with Crippen LogP contribution < -0.4 is 5.32 Å². The van der Waals surface area contributed by atoms with E-state index in [2.05, 4.69) is 26.4 Å². The lowest BCUT2D eigenvalue weighted by Gasteiger charge is -2.03. The Balaban J connectivity index is 2.65. The van der Waals surface area contributed by atoms with Gasteiger partial charge in [0.15, 0.2) is 11.0 Å². The second-order valence-corrected chi connectivity index (χ2v) is 2.80. The van der Waals surface area contributed by atoms with Crippen molar-refractivity contribution in [3.05, 3.63) is 10.4 Å². The molecule has 68 valence electrons. The van der Waals surface area contributed by atoms with Crippen molar-refractivity contribution in [3.8, 4) is 12.3 Å². The first-order valence-corrected chi connectivity index (χ1v) is 4.22. The van der Waals surface area contributed by atoms with Crippen molar-refractivity contribution in [3.63, 3.8) is 0 Å². The van der Waals surface area contributed by atoms with Gasteiger partial charge in [0.1, 0.15) is 0 Å². The van der Waals surface area contributed by atoms with Gasteiger partial charge in [-0.25, -0.2) is 0 Å². The highest BCUT2D eigenvalue weighted by Gasteiger charge is 2.03. The molecule has 4 nitrogen and oxygen atoms in total. The fourth-order valence-electron chi connectivity index (χ4n) is 0.659. The smallest absolute Gasteiger partial charge is 0.245 e. The van der Waals surface area contributed by atoms with Gasteiger partial charge in [-0.05, 0) is 11.6 Å². The summed E-state index contributed by atoms with van der Waals surface area (Å²) >= 11 is 11.2. The Labute approximate surface area is 85.7 Å². The molecule has 1 heterocycles. The van der Waals surface area contributed by atoms with Crippen LogP contribution in [0.15, 0.2) is 0 Å². The Bertz CT molecular complexity index is 334. The number of nitrogens with one attached hydrogen (secondary N) is 1. The van der Waals surface area contributed by atoms with Crippen LogP contribution in [0.25, 0.3) is 0 Å². The summed E-state index contributed by atoms with van der Waals surface area (Å²) in [5.41, 5.74) is 0. The van der Waals surface area contributed by atoms with Crippen molar-refractivity contribution < 1.29 is 0 Å². The standard InChI is InChI=1S/C7H6Cl2N4/c1-2-3-4-10-6-5(8)12-13-7(9)11-6/h1H,3-4H2,(H,10,11,13). The van der Waals surface area contributed by atoms with E-state index >= 15 is 0 Å². The zero-order chi connectivity index (χ0) is 9.68. The lowest BCUT2D eigenvalue weighted by Crippen LogP contribution is -2.05. The van der Waals surface area contributed by atoms with Crippen molar-refractivity contribution in [2.75, 3.05) is 11.9 Å². The van der Waals surface area contributed by atoms with Crippen molar-refractivity contribution in [2.24, 2.45) is 0 Å². The average molecular weight is 217 g/mol. The maximum atomic E-state index is 5.67. The molecule has 0 unspecified atom stereocenters. The first-order valence-electron chi connectivity index (χ1n) is 3.47. The largest absolute Gasteiger partial charge is 0.366 e. The number of aromatic nitrogens is 3. The van der Waals surface area contributed by atoms with Gasteiger partial charge in [-0.1, -0.05) is 11.6 Å². The molecule has 1 aromatic rings. The highest BCUT2D eigenvalue weighted by molar-refractivity contribution is 6.32. The zero-order valence-corrected chi connectivity index (χ0v) is 8.10. The normalized spacial score (nSPS) is 9.31. The van der Waals surface area contributed by atoms with Crippen LogP contribution in [-0.2, 0) is 0 Å². The molecule has 0 amide bonds. The maximum absolute atomic E-state index is 5.67. The van der Waals surface area contributed by atoms with Crippen molar-refractivity contribution in [1.29, 1.82) is 0 Å². The summed E-state index contributed by atoms with van der Waals surface area (Å²) in [4.78, 5) is 3.82. The molecule has 0 atom stereocenters. The highest BCUT2D eigenvalue weighted by atomic mass is 35.5. The second-order valence-electron chi connectivity index (χ2n) is 2.10. The molecule has 0 radical (unpaired) electrons. The topological polar surface area (TPSA) is 50.7 Å². The summed E-state index contributed by atoms with van der Waals surface area (Å²) in [5.74, 6) is 2.87. The predicted molar refractivity (Wildman–Crippen MR) is 51.8 cm³/mol. The molecule has 0 aromatic carbocycles. The van der Waals surface area contributed by atoms with Gasteiger partial charge in [0.2, 0.25) is 5.28 Å². The van der Waals surface area contributed by atoms with Crippen LogP contribution in [0.2, 0.25) is 10.4 Å². The average Bonchev–Trinajstić information content (AvgIpc) is 2.11. The summed E-state index contributed by atoms with van der Waals surface area (Å²) in [6, 6.07) is 0. The summed E-state index contributed by atoms with van der Waals surface area (Å²) < 4.78 is 0. The molecule has 0 bridgehead atoms. The van der Waals surface area contributed by atoms with Gasteiger partial charge < -0.3 is 5.32 Å². The second kappa shape index (κ2) is 4.85. The van der Waals surface area contributed by atoms with Gasteiger partial charge in [0, 0.05) is 13.0 Å². The molecular weight excluding hydrogens is 211 g/mol. The lowest BCUT2D eigenvalue weighted by molar-refractivity contribution is 0.956. The van der Waals surface area contributed by atoms with Gasteiger partial charge in [-0.15, -0.1) is 22.5 Å². The van der Waals surface area contributed by atoms with Crippen LogP contribution >= 0.6 is 23.2 Å². The van der Waals surface area contributed by atoms with E-state index in [0.29, 0.717) is 18.8 Å². The monoisotopic (exact) mass is 216 g/mol. The van der Waals surface area contributed by atoms with E-state index < -0.39 is 0 Å². The van der Waals surface area contributed by atoms with E-state index in [4.69, 9.17) is 29.6 Å². The third kappa shape index (κ3) is 3.05. The lowest BCUT2D eigenvalue weighted by atomic mass is 10.4. The van der Waals surface area contributed by atoms with Gasteiger partial charge in [0.25, 0.3) is 0 Å². The van der Waals surface area contributed by atoms with Crippen molar-refractivity contribution in [1.82, 2.24) is 15.2 Å². The number of anilines is 1. The van der Waals surface area contributed by atoms with Crippen LogP contribution in [0.1, 0.15) is 6.42 Å². The number of halogens is 2. The minimum atomic E-state index is 0.0487. The van der Waals surface area contributed by atoms with Gasteiger partial charge >= 0.3 is 0 Å². The molecule has 0 aliphatic heterocycles. The maximum Gasteiger partial charge on any atom is 0.245 e. The number of hydrogen-bond donors (Lipinski definition) is 1. The van der Waals surface area contributed by atoms with E-state index in [0.717, 1.165) is 0 Å². The number of terminal acetylenes is 1. The Hall–Kier alpha value is -1.05. The number of rotatable bonds is 3. The summed E-state index contributed by atoms with van der Waals surface area (Å²) in [6.07, 6.45) is 5.64. The molecule has 13 heavy (non-hydrogen) atoms. The fourth-order valence-corrected chi connectivity index (χ4v) is 0.928. The predicted octanol–water partition coefficient (Wildman–Crippen LogP) is 1.61. The van der Waals surface area contributed by atoms with Gasteiger partial charge in [0.05, 0.1) is 0 Å². The van der Waals surface area contributed by atoms with Crippen molar-refractivity contribution in [2.45, 2.75) is 6.42 Å². The molecule has 0 saturated carbocycles. The minimum absolute atomic E-state index is 0.0487. The van der Waals surface area contributed by atoms with Crippen LogP contribution in [0.3, 0.4) is 0 Å². The quantitative estimate of drug-likeness (QED) is 0.617. The highest BCUT2D eigenvalue weighted by Crippen LogP contribution is 2.15. The molecule has 0 spiro atoms. The van der Waals surface area contributed by atoms with Crippen molar-refractivity contribution >= 4 is 29.0 Å². The van der Waals surface area contributed by atoms with E-state index in [-0.39, 0.29) is 10.4 Å². The summed E-state index contributed by atoms with van der Waals surface area (Å²) in [6.45, 7) is 0.575. The summed E-state index contributed by atoms with van der Waals surface area (Å²) in [7, 11) is 0. The van der Waals surface area contributed by atoms with Crippen LogP contribution in [-0.4, -0.2) is 21.7 Å². The number of nitrogens with zero attached hydrogens (tertiary/aromatic N) is 3. The first-order chi connectivity index (χ1) is 6.24. The molecule has 6 heteroatoms. The summed E-state index contributed by atoms with van der Waals surface area (Å²) in [5, 5.41) is 10.1. The Morgan fingerprint density at radius 2 is 2.15 bits per heavy atom. The third-order valence-corrected chi connectivity index (χ3v) is 1.60. The van der Waals surface area contributed by atoms with Crippen LogP contribution in [0.4, 0.5) is 5.82 Å².